The first-order valence-corrected chi connectivity index (χ1v) is 5.42. The summed E-state index contributed by atoms with van der Waals surface area (Å²) in [5, 5.41) is 8.39. The van der Waals surface area contributed by atoms with Gasteiger partial charge in [0.25, 0.3) is 5.91 Å². The molecule has 0 aliphatic carbocycles. The standard InChI is InChI=1S/C10H11N3OS/c1-13(7-9-3-2-4-15-9)10(14)8-5-11-12-6-8/h2-6H,7H2,1H3,(H,11,12). The van der Waals surface area contributed by atoms with Crippen molar-refractivity contribution >= 4 is 17.2 Å². The van der Waals surface area contributed by atoms with E-state index >= 15 is 0 Å². The van der Waals surface area contributed by atoms with Crippen molar-refractivity contribution in [1.29, 1.82) is 0 Å². The molecule has 0 unspecified atom stereocenters. The van der Waals surface area contributed by atoms with Crippen molar-refractivity contribution in [2.75, 3.05) is 7.05 Å². The molecule has 5 heteroatoms. The van der Waals surface area contributed by atoms with E-state index in [2.05, 4.69) is 10.2 Å². The van der Waals surface area contributed by atoms with E-state index in [1.165, 1.54) is 11.1 Å². The van der Waals surface area contributed by atoms with Crippen LogP contribution in [-0.4, -0.2) is 28.1 Å². The Morgan fingerprint density at radius 1 is 1.67 bits per heavy atom. The van der Waals surface area contributed by atoms with Crippen LogP contribution in [0.1, 0.15) is 15.2 Å². The molecule has 0 fully saturated rings. The van der Waals surface area contributed by atoms with Crippen LogP contribution in [0.2, 0.25) is 0 Å². The van der Waals surface area contributed by atoms with Gasteiger partial charge in [0.15, 0.2) is 0 Å². The van der Waals surface area contributed by atoms with Crippen molar-refractivity contribution in [2.45, 2.75) is 6.54 Å². The van der Waals surface area contributed by atoms with E-state index in [1.54, 1.807) is 29.5 Å². The molecule has 1 N–H and O–H groups in total. The van der Waals surface area contributed by atoms with E-state index in [-0.39, 0.29) is 5.91 Å². The number of nitrogens with zero attached hydrogens (tertiary/aromatic N) is 2. The molecule has 0 atom stereocenters. The summed E-state index contributed by atoms with van der Waals surface area (Å²) in [5.41, 5.74) is 0.592. The molecule has 0 bridgehead atoms. The Hall–Kier alpha value is -1.62. The minimum absolute atomic E-state index is 0.0165. The second-order valence-corrected chi connectivity index (χ2v) is 4.26. The summed E-state index contributed by atoms with van der Waals surface area (Å²) in [6.45, 7) is 0.641. The number of carbonyl (C=O) groups excluding carboxylic acids is 1. The van der Waals surface area contributed by atoms with E-state index in [4.69, 9.17) is 0 Å². The zero-order valence-corrected chi connectivity index (χ0v) is 9.12. The Kier molecular flexibility index (Phi) is 2.82. The second-order valence-electron chi connectivity index (χ2n) is 3.23. The van der Waals surface area contributed by atoms with Gasteiger partial charge in [-0.3, -0.25) is 9.89 Å². The lowest BCUT2D eigenvalue weighted by Gasteiger charge is -2.14. The van der Waals surface area contributed by atoms with Crippen LogP contribution in [-0.2, 0) is 6.54 Å². The summed E-state index contributed by atoms with van der Waals surface area (Å²) in [7, 11) is 1.79. The van der Waals surface area contributed by atoms with Gasteiger partial charge >= 0.3 is 0 Å². The maximum Gasteiger partial charge on any atom is 0.257 e. The Morgan fingerprint density at radius 3 is 3.13 bits per heavy atom. The summed E-state index contributed by atoms with van der Waals surface area (Å²) in [4.78, 5) is 14.7. The van der Waals surface area contributed by atoms with Crippen LogP contribution in [0.3, 0.4) is 0 Å². The molecule has 0 saturated heterocycles. The maximum atomic E-state index is 11.8. The number of carbonyl (C=O) groups is 1. The number of aromatic amines is 1. The predicted molar refractivity (Wildman–Crippen MR) is 58.7 cm³/mol. The molecule has 0 aliphatic heterocycles. The van der Waals surface area contributed by atoms with Gasteiger partial charge in [-0.2, -0.15) is 5.10 Å². The molecule has 0 aromatic carbocycles. The number of rotatable bonds is 3. The molecule has 0 aliphatic rings. The molecule has 2 aromatic rings. The molecule has 0 radical (unpaired) electrons. The van der Waals surface area contributed by atoms with Crippen molar-refractivity contribution in [3.63, 3.8) is 0 Å². The Morgan fingerprint density at radius 2 is 2.53 bits per heavy atom. The van der Waals surface area contributed by atoms with Crippen LogP contribution in [0.4, 0.5) is 0 Å². The van der Waals surface area contributed by atoms with Gasteiger partial charge in [-0.05, 0) is 11.4 Å². The fourth-order valence-corrected chi connectivity index (χ4v) is 2.05. The normalized spacial score (nSPS) is 10.2. The van der Waals surface area contributed by atoms with Crippen LogP contribution in [0.15, 0.2) is 29.9 Å². The molecule has 2 rings (SSSR count). The third-order valence-electron chi connectivity index (χ3n) is 2.06. The SMILES string of the molecule is CN(Cc1cccs1)C(=O)c1cn[nH]c1. The fourth-order valence-electron chi connectivity index (χ4n) is 1.30. The van der Waals surface area contributed by atoms with E-state index in [0.717, 1.165) is 0 Å². The summed E-state index contributed by atoms with van der Waals surface area (Å²) < 4.78 is 0. The topological polar surface area (TPSA) is 49.0 Å². The summed E-state index contributed by atoms with van der Waals surface area (Å²) in [5.74, 6) is -0.0165. The van der Waals surface area contributed by atoms with Gasteiger partial charge in [0.2, 0.25) is 0 Å². The summed E-state index contributed by atoms with van der Waals surface area (Å²) in [6, 6.07) is 4.00. The number of aromatic nitrogens is 2. The minimum atomic E-state index is -0.0165. The van der Waals surface area contributed by atoms with Crippen molar-refractivity contribution in [1.82, 2.24) is 15.1 Å². The molecular formula is C10H11N3OS. The fraction of sp³-hybridized carbons (Fsp3) is 0.200. The van der Waals surface area contributed by atoms with Crippen LogP contribution in [0.5, 0.6) is 0 Å². The van der Waals surface area contributed by atoms with Gasteiger partial charge in [-0.1, -0.05) is 6.07 Å². The number of hydrogen-bond donors (Lipinski definition) is 1. The van der Waals surface area contributed by atoms with Crippen molar-refractivity contribution in [2.24, 2.45) is 0 Å². The van der Waals surface area contributed by atoms with Crippen molar-refractivity contribution in [3.05, 3.63) is 40.3 Å². The zero-order chi connectivity index (χ0) is 10.7. The molecule has 2 heterocycles. The number of thiophene rings is 1. The Balaban J connectivity index is 2.03. The van der Waals surface area contributed by atoms with Gasteiger partial charge in [0.05, 0.1) is 18.3 Å². The third-order valence-corrected chi connectivity index (χ3v) is 2.93. The lowest BCUT2D eigenvalue weighted by Crippen LogP contribution is -2.25. The van der Waals surface area contributed by atoms with Crippen molar-refractivity contribution < 1.29 is 4.79 Å². The second kappa shape index (κ2) is 4.27. The quantitative estimate of drug-likeness (QED) is 0.858. The largest absolute Gasteiger partial charge is 0.336 e. The first-order valence-electron chi connectivity index (χ1n) is 4.54. The lowest BCUT2D eigenvalue weighted by atomic mass is 10.3. The highest BCUT2D eigenvalue weighted by Crippen LogP contribution is 2.12. The van der Waals surface area contributed by atoms with Crippen LogP contribution < -0.4 is 0 Å². The average molecular weight is 221 g/mol. The zero-order valence-electron chi connectivity index (χ0n) is 8.30. The number of amides is 1. The van der Waals surface area contributed by atoms with Gasteiger partial charge in [0.1, 0.15) is 0 Å². The van der Waals surface area contributed by atoms with Gasteiger partial charge in [-0.15, -0.1) is 11.3 Å². The van der Waals surface area contributed by atoms with Crippen molar-refractivity contribution in [3.8, 4) is 0 Å². The molecular weight excluding hydrogens is 210 g/mol. The highest BCUT2D eigenvalue weighted by atomic mass is 32.1. The predicted octanol–water partition coefficient (Wildman–Crippen LogP) is 1.74. The minimum Gasteiger partial charge on any atom is -0.336 e. The van der Waals surface area contributed by atoms with Gasteiger partial charge in [-0.25, -0.2) is 0 Å². The van der Waals surface area contributed by atoms with Gasteiger partial charge < -0.3 is 4.90 Å². The maximum absolute atomic E-state index is 11.8. The average Bonchev–Trinajstić information content (AvgIpc) is 2.88. The Bertz CT molecular complexity index is 421. The van der Waals surface area contributed by atoms with E-state index in [9.17, 15) is 4.79 Å². The third kappa shape index (κ3) is 2.24. The smallest absolute Gasteiger partial charge is 0.257 e. The summed E-state index contributed by atoms with van der Waals surface area (Å²) >= 11 is 1.65. The van der Waals surface area contributed by atoms with E-state index in [0.29, 0.717) is 12.1 Å². The van der Waals surface area contributed by atoms with Crippen LogP contribution >= 0.6 is 11.3 Å². The molecule has 0 saturated carbocycles. The molecule has 4 nitrogen and oxygen atoms in total. The summed E-state index contributed by atoms with van der Waals surface area (Å²) in [6.07, 6.45) is 3.14. The molecule has 78 valence electrons. The Labute approximate surface area is 91.5 Å². The molecule has 2 aromatic heterocycles. The highest BCUT2D eigenvalue weighted by molar-refractivity contribution is 7.09. The van der Waals surface area contributed by atoms with Gasteiger partial charge in [0, 0.05) is 18.1 Å². The monoisotopic (exact) mass is 221 g/mol. The highest BCUT2D eigenvalue weighted by Gasteiger charge is 2.12. The van der Waals surface area contributed by atoms with E-state index in [1.807, 2.05) is 17.5 Å². The van der Waals surface area contributed by atoms with Crippen LogP contribution in [0.25, 0.3) is 0 Å². The first kappa shape index (κ1) is 9.92. The molecule has 0 spiro atoms. The van der Waals surface area contributed by atoms with E-state index < -0.39 is 0 Å². The molecule has 1 amide bonds. The number of hydrogen-bond acceptors (Lipinski definition) is 3. The number of H-pyrrole nitrogens is 1. The number of nitrogens with one attached hydrogen (secondary N) is 1. The molecule has 15 heavy (non-hydrogen) atoms. The lowest BCUT2D eigenvalue weighted by molar-refractivity contribution is 0.0786. The van der Waals surface area contributed by atoms with Crippen LogP contribution in [0, 0.1) is 0 Å². The first-order chi connectivity index (χ1) is 7.27.